The molecule has 2 N–H and O–H groups in total. The molecule has 0 aromatic heterocycles. The van der Waals surface area contributed by atoms with E-state index in [1.807, 2.05) is 0 Å². The number of hydrogen-bond donors (Lipinski definition) is 1. The van der Waals surface area contributed by atoms with Gasteiger partial charge in [0, 0.05) is 19.2 Å². The Morgan fingerprint density at radius 1 is 1.40 bits per heavy atom. The van der Waals surface area contributed by atoms with E-state index in [9.17, 15) is 0 Å². The first kappa shape index (κ1) is 12.9. The third kappa shape index (κ3) is 3.16. The molecule has 1 atom stereocenters. The lowest BCUT2D eigenvalue weighted by molar-refractivity contribution is 0.112. The molecule has 1 heterocycles. The van der Waals surface area contributed by atoms with Crippen LogP contribution in [0.3, 0.4) is 0 Å². The van der Waals surface area contributed by atoms with Gasteiger partial charge in [-0.15, -0.1) is 0 Å². The molecule has 1 saturated heterocycles. The third-order valence-corrected chi connectivity index (χ3v) is 4.05. The molecule has 1 fully saturated rings. The summed E-state index contributed by atoms with van der Waals surface area (Å²) >= 11 is 0. The van der Waals surface area contributed by atoms with E-state index in [1.165, 1.54) is 6.42 Å². The summed E-state index contributed by atoms with van der Waals surface area (Å²) in [6.07, 6.45) is 3.50. The van der Waals surface area contributed by atoms with Gasteiger partial charge in [0.15, 0.2) is 0 Å². The number of likely N-dealkylation sites (N-methyl/N-ethyl adjacent to an activating group) is 1. The van der Waals surface area contributed by atoms with E-state index < -0.39 is 0 Å². The van der Waals surface area contributed by atoms with E-state index in [0.717, 1.165) is 39.1 Å². The summed E-state index contributed by atoms with van der Waals surface area (Å²) in [5, 5.41) is 0. The van der Waals surface area contributed by atoms with Gasteiger partial charge in [-0.1, -0.05) is 13.8 Å². The smallest absolute Gasteiger partial charge is 0.0622 e. The first-order valence-corrected chi connectivity index (χ1v) is 6.15. The fraction of sp³-hybridized carbons (Fsp3) is 1.00. The summed E-state index contributed by atoms with van der Waals surface area (Å²) in [4.78, 5) is 2.44. The van der Waals surface area contributed by atoms with E-state index in [-0.39, 0.29) is 0 Å². The fourth-order valence-electron chi connectivity index (χ4n) is 2.35. The quantitative estimate of drug-likeness (QED) is 0.728. The SMILES string of the molecule is CCC(CC)(CN)CN(C)C1CCOC1. The van der Waals surface area contributed by atoms with Gasteiger partial charge in [-0.2, -0.15) is 0 Å². The Morgan fingerprint density at radius 3 is 2.47 bits per heavy atom. The second kappa shape index (κ2) is 5.83. The van der Waals surface area contributed by atoms with E-state index in [0.29, 0.717) is 11.5 Å². The Hall–Kier alpha value is -0.120. The lowest BCUT2D eigenvalue weighted by atomic mass is 9.81. The predicted molar refractivity (Wildman–Crippen MR) is 63.9 cm³/mol. The molecular formula is C12H26N2O. The molecule has 0 spiro atoms. The number of ether oxygens (including phenoxy) is 1. The minimum Gasteiger partial charge on any atom is -0.380 e. The molecule has 1 aliphatic heterocycles. The van der Waals surface area contributed by atoms with Crippen LogP contribution in [0.1, 0.15) is 33.1 Å². The summed E-state index contributed by atoms with van der Waals surface area (Å²) < 4.78 is 5.42. The van der Waals surface area contributed by atoms with Gasteiger partial charge in [0.1, 0.15) is 0 Å². The molecule has 0 bridgehead atoms. The lowest BCUT2D eigenvalue weighted by Crippen LogP contribution is -2.44. The number of nitrogens with zero attached hydrogens (tertiary/aromatic N) is 1. The minimum atomic E-state index is 0.303. The fourth-order valence-corrected chi connectivity index (χ4v) is 2.35. The van der Waals surface area contributed by atoms with Gasteiger partial charge in [0.2, 0.25) is 0 Å². The van der Waals surface area contributed by atoms with E-state index in [2.05, 4.69) is 25.8 Å². The molecule has 0 amide bonds. The summed E-state index contributed by atoms with van der Waals surface area (Å²) in [6, 6.07) is 0.606. The average molecular weight is 214 g/mol. The van der Waals surface area contributed by atoms with Gasteiger partial charge in [-0.25, -0.2) is 0 Å². The Morgan fingerprint density at radius 2 is 2.07 bits per heavy atom. The normalized spacial score (nSPS) is 22.6. The van der Waals surface area contributed by atoms with Crippen molar-refractivity contribution >= 4 is 0 Å². The Balaban J connectivity index is 2.49. The summed E-state index contributed by atoms with van der Waals surface area (Å²) in [6.45, 7) is 8.20. The van der Waals surface area contributed by atoms with Gasteiger partial charge in [0.05, 0.1) is 6.61 Å². The molecule has 90 valence electrons. The molecule has 1 unspecified atom stereocenters. The van der Waals surface area contributed by atoms with E-state index in [1.54, 1.807) is 0 Å². The van der Waals surface area contributed by atoms with Crippen molar-refractivity contribution in [3.8, 4) is 0 Å². The zero-order valence-electron chi connectivity index (χ0n) is 10.5. The van der Waals surface area contributed by atoms with Gasteiger partial charge in [-0.05, 0) is 38.3 Å². The van der Waals surface area contributed by atoms with Crippen LogP contribution in [0.2, 0.25) is 0 Å². The van der Waals surface area contributed by atoms with Gasteiger partial charge in [0.25, 0.3) is 0 Å². The molecule has 0 radical (unpaired) electrons. The maximum absolute atomic E-state index is 5.92. The van der Waals surface area contributed by atoms with Crippen LogP contribution >= 0.6 is 0 Å². The Kier molecular flexibility index (Phi) is 5.03. The molecule has 0 saturated carbocycles. The average Bonchev–Trinajstić information content (AvgIpc) is 2.79. The maximum atomic E-state index is 5.92. The minimum absolute atomic E-state index is 0.303. The highest BCUT2D eigenvalue weighted by molar-refractivity contribution is 4.84. The Labute approximate surface area is 94.0 Å². The first-order valence-electron chi connectivity index (χ1n) is 6.15. The molecule has 15 heavy (non-hydrogen) atoms. The zero-order valence-corrected chi connectivity index (χ0v) is 10.5. The van der Waals surface area contributed by atoms with Crippen molar-refractivity contribution in [2.75, 3.05) is 33.4 Å². The molecule has 3 heteroatoms. The number of rotatable bonds is 6. The Bertz CT molecular complexity index is 166. The first-order chi connectivity index (χ1) is 7.17. The standard InChI is InChI=1S/C12H26N2O/c1-4-12(5-2,9-13)10-14(3)11-6-7-15-8-11/h11H,4-10,13H2,1-3H3. The van der Waals surface area contributed by atoms with Crippen molar-refractivity contribution in [3.05, 3.63) is 0 Å². The highest BCUT2D eigenvalue weighted by Gasteiger charge is 2.30. The van der Waals surface area contributed by atoms with Crippen LogP contribution in [0, 0.1) is 5.41 Å². The number of hydrogen-bond acceptors (Lipinski definition) is 3. The maximum Gasteiger partial charge on any atom is 0.0622 e. The van der Waals surface area contributed by atoms with Crippen molar-refractivity contribution in [2.45, 2.75) is 39.2 Å². The topological polar surface area (TPSA) is 38.5 Å². The highest BCUT2D eigenvalue weighted by Crippen LogP contribution is 2.27. The molecule has 0 aliphatic carbocycles. The van der Waals surface area contributed by atoms with Crippen LogP contribution in [0.25, 0.3) is 0 Å². The van der Waals surface area contributed by atoms with Crippen LogP contribution in [0.15, 0.2) is 0 Å². The van der Waals surface area contributed by atoms with Crippen LogP contribution in [-0.4, -0.2) is 44.3 Å². The van der Waals surface area contributed by atoms with E-state index >= 15 is 0 Å². The van der Waals surface area contributed by atoms with Gasteiger partial charge in [-0.3, -0.25) is 0 Å². The molecule has 0 aromatic carbocycles. The van der Waals surface area contributed by atoms with E-state index in [4.69, 9.17) is 10.5 Å². The van der Waals surface area contributed by atoms with Crippen LogP contribution in [0.4, 0.5) is 0 Å². The highest BCUT2D eigenvalue weighted by atomic mass is 16.5. The van der Waals surface area contributed by atoms with Crippen molar-refractivity contribution in [1.29, 1.82) is 0 Å². The summed E-state index contributed by atoms with van der Waals surface area (Å²) in [7, 11) is 2.20. The van der Waals surface area contributed by atoms with Crippen LogP contribution in [-0.2, 0) is 4.74 Å². The molecule has 1 aliphatic rings. The molecule has 0 aromatic rings. The number of nitrogens with two attached hydrogens (primary N) is 1. The van der Waals surface area contributed by atoms with Crippen molar-refractivity contribution in [1.82, 2.24) is 4.90 Å². The van der Waals surface area contributed by atoms with Gasteiger partial charge >= 0.3 is 0 Å². The molecule has 3 nitrogen and oxygen atoms in total. The second-order valence-electron chi connectivity index (χ2n) is 4.84. The van der Waals surface area contributed by atoms with Crippen LogP contribution < -0.4 is 5.73 Å². The monoisotopic (exact) mass is 214 g/mol. The third-order valence-electron chi connectivity index (χ3n) is 4.05. The predicted octanol–water partition coefficient (Wildman–Crippen LogP) is 1.47. The van der Waals surface area contributed by atoms with Gasteiger partial charge < -0.3 is 15.4 Å². The summed E-state index contributed by atoms with van der Waals surface area (Å²) in [5.74, 6) is 0. The van der Waals surface area contributed by atoms with Crippen molar-refractivity contribution in [3.63, 3.8) is 0 Å². The van der Waals surface area contributed by atoms with Crippen molar-refractivity contribution in [2.24, 2.45) is 11.1 Å². The largest absolute Gasteiger partial charge is 0.380 e. The molecule has 1 rings (SSSR count). The summed E-state index contributed by atoms with van der Waals surface area (Å²) in [5.41, 5.74) is 6.22. The lowest BCUT2D eigenvalue weighted by Gasteiger charge is -2.36. The zero-order chi connectivity index (χ0) is 11.3. The molecular weight excluding hydrogens is 188 g/mol. The van der Waals surface area contributed by atoms with Crippen molar-refractivity contribution < 1.29 is 4.74 Å². The second-order valence-corrected chi connectivity index (χ2v) is 4.84. The van der Waals surface area contributed by atoms with Crippen LogP contribution in [0.5, 0.6) is 0 Å².